The molecule has 25 heavy (non-hydrogen) atoms. The molecule has 0 aromatic heterocycles. The standard InChI is InChI=1S/C22H32N2O/c1-3-4-6-11-21(20-9-7-5-8-10-20)24-17-14-22(18-24)12-15-23(16-13-22)19(2)25/h5,7-11H,3-4,6,12-18H2,1-2H3/b21-11+. The van der Waals surface area contributed by atoms with Crippen molar-refractivity contribution in [2.45, 2.75) is 52.4 Å². The number of likely N-dealkylation sites (tertiary alicyclic amines) is 2. The molecule has 2 aliphatic rings. The van der Waals surface area contributed by atoms with Crippen molar-refractivity contribution in [3.63, 3.8) is 0 Å². The van der Waals surface area contributed by atoms with Gasteiger partial charge in [-0.1, -0.05) is 49.8 Å². The van der Waals surface area contributed by atoms with E-state index in [0.717, 1.165) is 45.4 Å². The molecule has 0 atom stereocenters. The predicted octanol–water partition coefficient (Wildman–Crippen LogP) is 4.55. The Labute approximate surface area is 152 Å². The van der Waals surface area contributed by atoms with E-state index in [1.54, 1.807) is 6.92 Å². The van der Waals surface area contributed by atoms with Crippen molar-refractivity contribution in [2.75, 3.05) is 26.2 Å². The van der Waals surface area contributed by atoms with Crippen LogP contribution in [0.15, 0.2) is 36.4 Å². The Kier molecular flexibility index (Phi) is 5.82. The Balaban J connectivity index is 1.71. The zero-order chi connectivity index (χ0) is 17.7. The summed E-state index contributed by atoms with van der Waals surface area (Å²) < 4.78 is 0. The van der Waals surface area contributed by atoms with Gasteiger partial charge in [-0.25, -0.2) is 0 Å². The quantitative estimate of drug-likeness (QED) is 0.734. The maximum atomic E-state index is 11.6. The van der Waals surface area contributed by atoms with Crippen LogP contribution >= 0.6 is 0 Å². The highest BCUT2D eigenvalue weighted by molar-refractivity contribution is 5.73. The number of benzene rings is 1. The van der Waals surface area contributed by atoms with Gasteiger partial charge in [0.2, 0.25) is 5.91 Å². The van der Waals surface area contributed by atoms with Crippen LogP contribution in [0.2, 0.25) is 0 Å². The third kappa shape index (κ3) is 4.26. The average molecular weight is 341 g/mol. The van der Waals surface area contributed by atoms with Crippen LogP contribution in [0.25, 0.3) is 5.70 Å². The molecule has 0 aliphatic carbocycles. The minimum Gasteiger partial charge on any atom is -0.371 e. The first-order chi connectivity index (χ1) is 12.1. The monoisotopic (exact) mass is 340 g/mol. The third-order valence-electron chi connectivity index (χ3n) is 6.01. The Morgan fingerprint density at radius 1 is 1.08 bits per heavy atom. The molecule has 0 N–H and O–H groups in total. The molecule has 1 aromatic rings. The van der Waals surface area contributed by atoms with Crippen molar-refractivity contribution in [1.82, 2.24) is 9.80 Å². The minimum absolute atomic E-state index is 0.231. The normalized spacial score (nSPS) is 20.3. The van der Waals surface area contributed by atoms with Gasteiger partial charge in [0.05, 0.1) is 0 Å². The molecule has 136 valence electrons. The Hall–Kier alpha value is -1.77. The first kappa shape index (κ1) is 18.0. The van der Waals surface area contributed by atoms with Gasteiger partial charge in [0, 0.05) is 38.8 Å². The van der Waals surface area contributed by atoms with Gasteiger partial charge in [-0.05, 0) is 43.1 Å². The van der Waals surface area contributed by atoms with E-state index in [1.165, 1.54) is 30.5 Å². The lowest BCUT2D eigenvalue weighted by Gasteiger charge is -2.39. The molecule has 2 aliphatic heterocycles. The van der Waals surface area contributed by atoms with Gasteiger partial charge >= 0.3 is 0 Å². The highest BCUT2D eigenvalue weighted by Gasteiger charge is 2.41. The number of piperidine rings is 1. The molecule has 0 bridgehead atoms. The van der Waals surface area contributed by atoms with Crippen LogP contribution < -0.4 is 0 Å². The molecule has 0 saturated carbocycles. The van der Waals surface area contributed by atoms with Crippen molar-refractivity contribution >= 4 is 11.6 Å². The molecule has 2 fully saturated rings. The number of hydrogen-bond acceptors (Lipinski definition) is 2. The SMILES string of the molecule is CCCC/C=C(\c1ccccc1)N1CCC2(CCN(C(C)=O)CC2)C1. The molecule has 0 unspecified atom stereocenters. The summed E-state index contributed by atoms with van der Waals surface area (Å²) >= 11 is 0. The smallest absolute Gasteiger partial charge is 0.219 e. The summed E-state index contributed by atoms with van der Waals surface area (Å²) in [6.07, 6.45) is 9.66. The van der Waals surface area contributed by atoms with Crippen LogP contribution in [0.1, 0.15) is 57.9 Å². The Morgan fingerprint density at radius 2 is 1.72 bits per heavy atom. The zero-order valence-electron chi connectivity index (χ0n) is 15.8. The topological polar surface area (TPSA) is 23.6 Å². The minimum atomic E-state index is 0.231. The van der Waals surface area contributed by atoms with Crippen molar-refractivity contribution in [3.05, 3.63) is 42.0 Å². The molecule has 1 amide bonds. The molecule has 1 aromatic carbocycles. The van der Waals surface area contributed by atoms with Crippen molar-refractivity contribution in [2.24, 2.45) is 5.41 Å². The number of carbonyl (C=O) groups is 1. The highest BCUT2D eigenvalue weighted by atomic mass is 16.2. The van der Waals surface area contributed by atoms with E-state index in [-0.39, 0.29) is 5.91 Å². The number of nitrogens with zero attached hydrogens (tertiary/aromatic N) is 2. The van der Waals surface area contributed by atoms with Gasteiger partial charge in [-0.2, -0.15) is 0 Å². The van der Waals surface area contributed by atoms with Crippen LogP contribution in [-0.2, 0) is 4.79 Å². The van der Waals surface area contributed by atoms with E-state index < -0.39 is 0 Å². The first-order valence-electron chi connectivity index (χ1n) is 9.90. The lowest BCUT2D eigenvalue weighted by Crippen LogP contribution is -2.43. The van der Waals surface area contributed by atoms with E-state index in [0.29, 0.717) is 5.41 Å². The summed E-state index contributed by atoms with van der Waals surface area (Å²) in [6.45, 7) is 8.11. The fourth-order valence-electron chi connectivity index (χ4n) is 4.33. The molecule has 2 saturated heterocycles. The molecule has 3 nitrogen and oxygen atoms in total. The van der Waals surface area contributed by atoms with E-state index in [9.17, 15) is 4.79 Å². The molecule has 1 spiro atoms. The second-order valence-electron chi connectivity index (χ2n) is 7.78. The average Bonchev–Trinajstić information content (AvgIpc) is 3.03. The summed E-state index contributed by atoms with van der Waals surface area (Å²) in [6, 6.07) is 10.8. The summed E-state index contributed by atoms with van der Waals surface area (Å²) in [7, 11) is 0. The maximum Gasteiger partial charge on any atom is 0.219 e. The fourth-order valence-corrected chi connectivity index (χ4v) is 4.33. The summed E-state index contributed by atoms with van der Waals surface area (Å²) in [4.78, 5) is 16.2. The number of amides is 1. The van der Waals surface area contributed by atoms with Crippen LogP contribution in [-0.4, -0.2) is 41.9 Å². The number of hydrogen-bond donors (Lipinski definition) is 0. The van der Waals surface area contributed by atoms with E-state index in [4.69, 9.17) is 0 Å². The van der Waals surface area contributed by atoms with Gasteiger partial charge in [0.15, 0.2) is 0 Å². The third-order valence-corrected chi connectivity index (χ3v) is 6.01. The first-order valence-corrected chi connectivity index (χ1v) is 9.90. The maximum absolute atomic E-state index is 11.6. The molecular formula is C22H32N2O. The Bertz CT molecular complexity index is 600. The van der Waals surface area contributed by atoms with E-state index >= 15 is 0 Å². The van der Waals surface area contributed by atoms with Crippen LogP contribution in [0.4, 0.5) is 0 Å². The number of rotatable bonds is 5. The number of carbonyl (C=O) groups excluding carboxylic acids is 1. The van der Waals surface area contributed by atoms with Crippen molar-refractivity contribution in [1.29, 1.82) is 0 Å². The van der Waals surface area contributed by atoms with Crippen LogP contribution in [0, 0.1) is 5.41 Å². The largest absolute Gasteiger partial charge is 0.371 e. The van der Waals surface area contributed by atoms with Gasteiger partial charge in [0.1, 0.15) is 0 Å². The van der Waals surface area contributed by atoms with Crippen molar-refractivity contribution in [3.8, 4) is 0 Å². The summed E-state index contributed by atoms with van der Waals surface area (Å²) in [5.41, 5.74) is 3.17. The molecular weight excluding hydrogens is 308 g/mol. The number of allylic oxidation sites excluding steroid dienone is 1. The molecule has 0 radical (unpaired) electrons. The lowest BCUT2D eigenvalue weighted by atomic mass is 9.78. The Morgan fingerprint density at radius 3 is 2.32 bits per heavy atom. The molecule has 3 heteroatoms. The van der Waals surface area contributed by atoms with Gasteiger partial charge in [0.25, 0.3) is 0 Å². The summed E-state index contributed by atoms with van der Waals surface area (Å²) in [5, 5.41) is 0. The zero-order valence-corrected chi connectivity index (χ0v) is 15.8. The highest BCUT2D eigenvalue weighted by Crippen LogP contribution is 2.43. The molecule has 3 rings (SSSR count). The lowest BCUT2D eigenvalue weighted by molar-refractivity contribution is -0.131. The van der Waals surface area contributed by atoms with Crippen LogP contribution in [0.5, 0.6) is 0 Å². The van der Waals surface area contributed by atoms with E-state index in [2.05, 4.69) is 48.2 Å². The van der Waals surface area contributed by atoms with Crippen LogP contribution in [0.3, 0.4) is 0 Å². The second kappa shape index (κ2) is 8.07. The summed E-state index contributed by atoms with van der Waals surface area (Å²) in [5.74, 6) is 0.231. The molecule has 2 heterocycles. The van der Waals surface area contributed by atoms with Gasteiger partial charge in [-0.15, -0.1) is 0 Å². The number of unbranched alkanes of at least 4 members (excludes halogenated alkanes) is 2. The second-order valence-corrected chi connectivity index (χ2v) is 7.78. The predicted molar refractivity (Wildman–Crippen MR) is 104 cm³/mol. The fraction of sp³-hybridized carbons (Fsp3) is 0.591. The van der Waals surface area contributed by atoms with Gasteiger partial charge in [-0.3, -0.25) is 4.79 Å². The van der Waals surface area contributed by atoms with Crippen molar-refractivity contribution < 1.29 is 4.79 Å². The van der Waals surface area contributed by atoms with E-state index in [1.807, 2.05) is 4.90 Å². The van der Waals surface area contributed by atoms with Gasteiger partial charge < -0.3 is 9.80 Å².